The SMILES string of the molecule is Cc1ccc(C(C)(C)C)c(OC2CC(=O)C2)c1. The Morgan fingerprint density at radius 1 is 1.24 bits per heavy atom. The van der Waals surface area contributed by atoms with Crippen LogP contribution in [0.5, 0.6) is 5.75 Å². The molecular weight excluding hydrogens is 212 g/mol. The van der Waals surface area contributed by atoms with Crippen molar-refractivity contribution in [2.75, 3.05) is 0 Å². The first-order valence-electron chi connectivity index (χ1n) is 6.16. The quantitative estimate of drug-likeness (QED) is 0.781. The molecule has 0 unspecified atom stereocenters. The highest BCUT2D eigenvalue weighted by molar-refractivity contribution is 5.85. The summed E-state index contributed by atoms with van der Waals surface area (Å²) in [6, 6.07) is 6.31. The van der Waals surface area contributed by atoms with Crippen molar-refractivity contribution in [3.63, 3.8) is 0 Å². The summed E-state index contributed by atoms with van der Waals surface area (Å²) in [6.45, 7) is 8.59. The second kappa shape index (κ2) is 4.17. The third-order valence-electron chi connectivity index (χ3n) is 3.15. The summed E-state index contributed by atoms with van der Waals surface area (Å²) in [4.78, 5) is 11.0. The molecule has 1 aromatic carbocycles. The fourth-order valence-corrected chi connectivity index (χ4v) is 2.06. The minimum atomic E-state index is 0.0663. The molecular formula is C15H20O2. The van der Waals surface area contributed by atoms with Gasteiger partial charge in [-0.05, 0) is 29.5 Å². The Labute approximate surface area is 103 Å². The van der Waals surface area contributed by atoms with Gasteiger partial charge in [-0.2, -0.15) is 0 Å². The molecule has 1 aliphatic rings. The first-order valence-corrected chi connectivity index (χ1v) is 6.16. The zero-order valence-corrected chi connectivity index (χ0v) is 11.0. The van der Waals surface area contributed by atoms with E-state index in [9.17, 15) is 4.79 Å². The van der Waals surface area contributed by atoms with E-state index in [2.05, 4.69) is 45.9 Å². The largest absolute Gasteiger partial charge is 0.489 e. The Bertz CT molecular complexity index is 433. The molecule has 0 radical (unpaired) electrons. The lowest BCUT2D eigenvalue weighted by Gasteiger charge is -2.29. The third-order valence-corrected chi connectivity index (χ3v) is 3.15. The fraction of sp³-hybridized carbons (Fsp3) is 0.533. The van der Waals surface area contributed by atoms with Gasteiger partial charge < -0.3 is 4.74 Å². The number of benzene rings is 1. The topological polar surface area (TPSA) is 26.3 Å². The van der Waals surface area contributed by atoms with Gasteiger partial charge in [0.1, 0.15) is 17.6 Å². The minimum Gasteiger partial charge on any atom is -0.489 e. The van der Waals surface area contributed by atoms with E-state index in [1.807, 2.05) is 0 Å². The van der Waals surface area contributed by atoms with Gasteiger partial charge in [-0.1, -0.05) is 32.9 Å². The fourth-order valence-electron chi connectivity index (χ4n) is 2.06. The van der Waals surface area contributed by atoms with Crippen LogP contribution in [-0.2, 0) is 10.2 Å². The Balaban J connectivity index is 2.24. The van der Waals surface area contributed by atoms with Crippen LogP contribution in [0.25, 0.3) is 0 Å². The summed E-state index contributed by atoms with van der Waals surface area (Å²) in [7, 11) is 0. The molecule has 2 heteroatoms. The zero-order chi connectivity index (χ0) is 12.6. The third kappa shape index (κ3) is 2.68. The summed E-state index contributed by atoms with van der Waals surface area (Å²) < 4.78 is 5.94. The van der Waals surface area contributed by atoms with Gasteiger partial charge in [0.2, 0.25) is 0 Å². The highest BCUT2D eigenvalue weighted by atomic mass is 16.5. The predicted molar refractivity (Wildman–Crippen MR) is 68.5 cm³/mol. The maximum Gasteiger partial charge on any atom is 0.140 e. The van der Waals surface area contributed by atoms with Crippen molar-refractivity contribution in [2.45, 2.75) is 52.1 Å². The van der Waals surface area contributed by atoms with Crippen molar-refractivity contribution >= 4 is 5.78 Å². The standard InChI is InChI=1S/C15H20O2/c1-10-5-6-13(15(2,3)4)14(7-10)17-12-8-11(16)9-12/h5-7,12H,8-9H2,1-4H3. The first-order chi connectivity index (χ1) is 7.86. The van der Waals surface area contributed by atoms with E-state index in [1.54, 1.807) is 0 Å². The van der Waals surface area contributed by atoms with Gasteiger partial charge in [0.15, 0.2) is 0 Å². The van der Waals surface area contributed by atoms with Crippen molar-refractivity contribution in [3.8, 4) is 5.75 Å². The van der Waals surface area contributed by atoms with Crippen LogP contribution in [0.4, 0.5) is 0 Å². The van der Waals surface area contributed by atoms with Gasteiger partial charge >= 0.3 is 0 Å². The normalized spacial score (nSPS) is 16.8. The smallest absolute Gasteiger partial charge is 0.140 e. The number of hydrogen-bond donors (Lipinski definition) is 0. The molecule has 1 aliphatic carbocycles. The number of rotatable bonds is 2. The summed E-state index contributed by atoms with van der Waals surface area (Å²) in [6.07, 6.45) is 1.22. The Hall–Kier alpha value is -1.31. The van der Waals surface area contributed by atoms with Crippen molar-refractivity contribution in [3.05, 3.63) is 29.3 Å². The minimum absolute atomic E-state index is 0.0663. The van der Waals surface area contributed by atoms with E-state index in [0.29, 0.717) is 18.6 Å². The molecule has 2 rings (SSSR count). The van der Waals surface area contributed by atoms with E-state index in [4.69, 9.17) is 4.74 Å². The number of hydrogen-bond acceptors (Lipinski definition) is 2. The zero-order valence-electron chi connectivity index (χ0n) is 11.0. The molecule has 1 aromatic rings. The van der Waals surface area contributed by atoms with E-state index in [0.717, 1.165) is 5.75 Å². The molecule has 0 saturated heterocycles. The Kier molecular flexibility index (Phi) is 2.98. The molecule has 17 heavy (non-hydrogen) atoms. The molecule has 0 aromatic heterocycles. The number of Topliss-reactive ketones (excluding diaryl/α,β-unsaturated/α-hetero) is 1. The number of ether oxygens (including phenoxy) is 1. The van der Waals surface area contributed by atoms with Gasteiger partial charge in [0, 0.05) is 12.8 Å². The average molecular weight is 232 g/mol. The average Bonchev–Trinajstić information content (AvgIpc) is 2.13. The summed E-state index contributed by atoms with van der Waals surface area (Å²) in [5.41, 5.74) is 2.47. The first kappa shape index (κ1) is 12.2. The van der Waals surface area contributed by atoms with E-state index < -0.39 is 0 Å². The number of carbonyl (C=O) groups excluding carboxylic acids is 1. The molecule has 2 nitrogen and oxygen atoms in total. The van der Waals surface area contributed by atoms with Crippen LogP contribution >= 0.6 is 0 Å². The molecule has 92 valence electrons. The van der Waals surface area contributed by atoms with Crippen molar-refractivity contribution in [1.29, 1.82) is 0 Å². The van der Waals surface area contributed by atoms with Gasteiger partial charge in [-0.15, -0.1) is 0 Å². The summed E-state index contributed by atoms with van der Waals surface area (Å²) in [5.74, 6) is 1.25. The van der Waals surface area contributed by atoms with Crippen molar-refractivity contribution in [1.82, 2.24) is 0 Å². The molecule has 0 heterocycles. The molecule has 0 amide bonds. The van der Waals surface area contributed by atoms with Crippen LogP contribution in [0.15, 0.2) is 18.2 Å². The van der Waals surface area contributed by atoms with Gasteiger partial charge in [-0.25, -0.2) is 0 Å². The molecule has 1 fully saturated rings. The second-order valence-corrected chi connectivity index (χ2v) is 5.94. The predicted octanol–water partition coefficient (Wildman–Crippen LogP) is 3.40. The molecule has 0 N–H and O–H groups in total. The number of carbonyl (C=O) groups is 1. The summed E-state index contributed by atoms with van der Waals surface area (Å²) in [5, 5.41) is 0. The second-order valence-electron chi connectivity index (χ2n) is 5.94. The van der Waals surface area contributed by atoms with Gasteiger partial charge in [0.25, 0.3) is 0 Å². The lowest BCUT2D eigenvalue weighted by atomic mass is 9.85. The molecule has 0 bridgehead atoms. The number of aryl methyl sites for hydroxylation is 1. The Morgan fingerprint density at radius 2 is 1.88 bits per heavy atom. The van der Waals surface area contributed by atoms with Crippen LogP contribution in [0.3, 0.4) is 0 Å². The monoisotopic (exact) mass is 232 g/mol. The van der Waals surface area contributed by atoms with Gasteiger partial charge in [-0.3, -0.25) is 4.79 Å². The van der Waals surface area contributed by atoms with E-state index in [1.165, 1.54) is 11.1 Å². The number of ketones is 1. The van der Waals surface area contributed by atoms with E-state index in [-0.39, 0.29) is 11.5 Å². The van der Waals surface area contributed by atoms with Gasteiger partial charge in [0.05, 0.1) is 0 Å². The maximum atomic E-state index is 11.0. The van der Waals surface area contributed by atoms with Crippen molar-refractivity contribution in [2.24, 2.45) is 0 Å². The van der Waals surface area contributed by atoms with Crippen LogP contribution in [0.2, 0.25) is 0 Å². The molecule has 0 aliphatic heterocycles. The van der Waals surface area contributed by atoms with Crippen LogP contribution < -0.4 is 4.74 Å². The highest BCUT2D eigenvalue weighted by Gasteiger charge is 2.30. The highest BCUT2D eigenvalue weighted by Crippen LogP contribution is 2.34. The maximum absolute atomic E-state index is 11.0. The van der Waals surface area contributed by atoms with E-state index >= 15 is 0 Å². The van der Waals surface area contributed by atoms with Crippen LogP contribution in [0, 0.1) is 6.92 Å². The summed E-state index contributed by atoms with van der Waals surface area (Å²) >= 11 is 0. The molecule has 0 spiro atoms. The molecule has 1 saturated carbocycles. The van der Waals surface area contributed by atoms with Crippen LogP contribution in [0.1, 0.15) is 44.7 Å². The lowest BCUT2D eigenvalue weighted by molar-refractivity contribution is -0.129. The lowest BCUT2D eigenvalue weighted by Crippen LogP contribution is -2.34. The molecule has 0 atom stereocenters. The van der Waals surface area contributed by atoms with Crippen LogP contribution in [-0.4, -0.2) is 11.9 Å². The van der Waals surface area contributed by atoms with Crippen molar-refractivity contribution < 1.29 is 9.53 Å². The Morgan fingerprint density at radius 3 is 2.41 bits per heavy atom.